The van der Waals surface area contributed by atoms with Crippen molar-refractivity contribution in [2.45, 2.75) is 31.7 Å². The predicted octanol–water partition coefficient (Wildman–Crippen LogP) is 2.32. The van der Waals surface area contributed by atoms with Gasteiger partial charge in [-0.2, -0.15) is 0 Å². The minimum absolute atomic E-state index is 0.172. The highest BCUT2D eigenvalue weighted by atomic mass is 16.3. The molecule has 0 bridgehead atoms. The highest BCUT2D eigenvalue weighted by molar-refractivity contribution is 6.03. The van der Waals surface area contributed by atoms with Crippen LogP contribution in [0.2, 0.25) is 0 Å². The number of furan rings is 1. The van der Waals surface area contributed by atoms with E-state index in [-0.39, 0.29) is 35.9 Å². The molecule has 0 spiro atoms. The summed E-state index contributed by atoms with van der Waals surface area (Å²) in [4.78, 5) is 36.1. The van der Waals surface area contributed by atoms with Crippen molar-refractivity contribution in [3.8, 4) is 0 Å². The lowest BCUT2D eigenvalue weighted by molar-refractivity contribution is -0.116. The zero-order chi connectivity index (χ0) is 18.4. The van der Waals surface area contributed by atoms with Crippen molar-refractivity contribution >= 4 is 23.4 Å². The maximum atomic E-state index is 12.2. The van der Waals surface area contributed by atoms with E-state index in [1.165, 1.54) is 6.26 Å². The van der Waals surface area contributed by atoms with E-state index >= 15 is 0 Å². The number of benzene rings is 1. The number of carbonyl (C=O) groups excluding carboxylic acids is 3. The Bertz CT molecular complexity index is 782. The van der Waals surface area contributed by atoms with Crippen LogP contribution in [0, 0.1) is 0 Å². The molecule has 26 heavy (non-hydrogen) atoms. The van der Waals surface area contributed by atoms with E-state index in [1.54, 1.807) is 36.4 Å². The molecule has 1 heterocycles. The van der Waals surface area contributed by atoms with Gasteiger partial charge in [0.25, 0.3) is 11.8 Å². The van der Waals surface area contributed by atoms with E-state index in [2.05, 4.69) is 16.0 Å². The van der Waals surface area contributed by atoms with Gasteiger partial charge in [-0.25, -0.2) is 0 Å². The molecular weight excluding hydrogens is 334 g/mol. The Kier molecular flexibility index (Phi) is 5.68. The normalized spacial score (nSPS) is 13.1. The molecule has 0 aliphatic heterocycles. The summed E-state index contributed by atoms with van der Waals surface area (Å²) in [6.45, 7) is 0.358. The minimum Gasteiger partial charge on any atom is -0.459 e. The molecule has 0 atom stereocenters. The number of anilines is 1. The van der Waals surface area contributed by atoms with Gasteiger partial charge in [-0.3, -0.25) is 14.4 Å². The zero-order valence-corrected chi connectivity index (χ0v) is 14.3. The largest absolute Gasteiger partial charge is 0.459 e. The van der Waals surface area contributed by atoms with Gasteiger partial charge in [-0.1, -0.05) is 12.1 Å². The maximum absolute atomic E-state index is 12.2. The van der Waals surface area contributed by atoms with Gasteiger partial charge in [0.2, 0.25) is 5.91 Å². The molecule has 0 radical (unpaired) electrons. The van der Waals surface area contributed by atoms with Crippen LogP contribution in [0.5, 0.6) is 0 Å². The van der Waals surface area contributed by atoms with Crippen LogP contribution >= 0.6 is 0 Å². The zero-order valence-electron chi connectivity index (χ0n) is 14.3. The first-order valence-electron chi connectivity index (χ1n) is 8.65. The van der Waals surface area contributed by atoms with Gasteiger partial charge in [0.1, 0.15) is 0 Å². The van der Waals surface area contributed by atoms with Gasteiger partial charge in [0, 0.05) is 19.0 Å². The molecule has 0 saturated heterocycles. The summed E-state index contributed by atoms with van der Waals surface area (Å²) in [6.07, 6.45) is 4.15. The van der Waals surface area contributed by atoms with Crippen LogP contribution in [0.3, 0.4) is 0 Å². The summed E-state index contributed by atoms with van der Waals surface area (Å²) in [5.41, 5.74) is 0.953. The fourth-order valence-corrected chi connectivity index (χ4v) is 2.44. The fourth-order valence-electron chi connectivity index (χ4n) is 2.44. The van der Waals surface area contributed by atoms with Crippen LogP contribution in [0.4, 0.5) is 5.69 Å². The van der Waals surface area contributed by atoms with Gasteiger partial charge in [0.05, 0.1) is 17.5 Å². The third kappa shape index (κ3) is 4.95. The number of rotatable bonds is 8. The predicted molar refractivity (Wildman–Crippen MR) is 95.8 cm³/mol. The van der Waals surface area contributed by atoms with E-state index in [0.29, 0.717) is 24.2 Å². The van der Waals surface area contributed by atoms with E-state index in [9.17, 15) is 14.4 Å². The summed E-state index contributed by atoms with van der Waals surface area (Å²) >= 11 is 0. The van der Waals surface area contributed by atoms with Gasteiger partial charge >= 0.3 is 0 Å². The number of carbonyl (C=O) groups is 3. The highest BCUT2D eigenvalue weighted by Gasteiger charge is 2.24. The molecule has 0 unspecified atom stereocenters. The Morgan fingerprint density at radius 1 is 1.04 bits per heavy atom. The molecule has 1 aliphatic rings. The van der Waals surface area contributed by atoms with Crippen molar-refractivity contribution in [3.05, 3.63) is 54.0 Å². The molecule has 3 rings (SSSR count). The molecule has 136 valence electrons. The van der Waals surface area contributed by atoms with Crippen LogP contribution in [-0.2, 0) is 4.79 Å². The van der Waals surface area contributed by atoms with Crippen molar-refractivity contribution in [2.75, 3.05) is 11.9 Å². The Hall–Kier alpha value is -3.09. The molecule has 1 aliphatic carbocycles. The van der Waals surface area contributed by atoms with Crippen LogP contribution in [-0.4, -0.2) is 30.3 Å². The van der Waals surface area contributed by atoms with Crippen LogP contribution in [0.25, 0.3) is 0 Å². The average Bonchev–Trinajstić information content (AvgIpc) is 3.27. The first kappa shape index (κ1) is 17.7. The SMILES string of the molecule is O=C(CCCNC(=O)c1ccco1)Nc1ccccc1C(=O)NC1CC1. The second-order valence-corrected chi connectivity index (χ2v) is 6.18. The first-order valence-corrected chi connectivity index (χ1v) is 8.65. The maximum Gasteiger partial charge on any atom is 0.286 e. The van der Waals surface area contributed by atoms with Crippen LogP contribution in [0.15, 0.2) is 47.1 Å². The number of hydrogen-bond donors (Lipinski definition) is 3. The third-order valence-electron chi connectivity index (χ3n) is 3.97. The Morgan fingerprint density at radius 2 is 1.85 bits per heavy atom. The lowest BCUT2D eigenvalue weighted by atomic mass is 10.1. The Balaban J connectivity index is 1.44. The van der Waals surface area contributed by atoms with Crippen molar-refractivity contribution in [1.29, 1.82) is 0 Å². The summed E-state index contributed by atoms with van der Waals surface area (Å²) in [5.74, 6) is -0.444. The van der Waals surface area contributed by atoms with Crippen molar-refractivity contribution in [3.63, 3.8) is 0 Å². The van der Waals surface area contributed by atoms with Gasteiger partial charge in [-0.15, -0.1) is 0 Å². The molecule has 2 aromatic rings. The van der Waals surface area contributed by atoms with Crippen molar-refractivity contribution in [1.82, 2.24) is 10.6 Å². The Morgan fingerprint density at radius 3 is 2.58 bits per heavy atom. The number of para-hydroxylation sites is 1. The lowest BCUT2D eigenvalue weighted by Crippen LogP contribution is -2.27. The summed E-state index contributed by atoms with van der Waals surface area (Å²) in [6, 6.07) is 10.4. The summed E-state index contributed by atoms with van der Waals surface area (Å²) in [5, 5.41) is 8.37. The topological polar surface area (TPSA) is 100 Å². The Labute approximate surface area is 151 Å². The second-order valence-electron chi connectivity index (χ2n) is 6.18. The standard InChI is InChI=1S/C19H21N3O4/c23-17(8-3-11-20-19(25)16-7-4-12-26-16)22-15-6-2-1-5-14(15)18(24)21-13-9-10-13/h1-2,4-7,12-13H,3,8-11H2,(H,20,25)(H,21,24)(H,22,23). The fraction of sp³-hybridized carbons (Fsp3) is 0.316. The molecular formula is C19H21N3O4. The molecule has 7 nitrogen and oxygen atoms in total. The molecule has 1 saturated carbocycles. The number of nitrogens with one attached hydrogen (secondary N) is 3. The van der Waals surface area contributed by atoms with Crippen molar-refractivity contribution in [2.24, 2.45) is 0 Å². The average molecular weight is 355 g/mol. The molecule has 3 N–H and O–H groups in total. The number of amides is 3. The van der Waals surface area contributed by atoms with E-state index in [4.69, 9.17) is 4.42 Å². The molecule has 3 amide bonds. The van der Waals surface area contributed by atoms with E-state index in [0.717, 1.165) is 12.8 Å². The summed E-state index contributed by atoms with van der Waals surface area (Å²) < 4.78 is 4.99. The van der Waals surface area contributed by atoms with Crippen LogP contribution in [0.1, 0.15) is 46.6 Å². The smallest absolute Gasteiger partial charge is 0.286 e. The minimum atomic E-state index is -0.308. The van der Waals surface area contributed by atoms with Gasteiger partial charge < -0.3 is 20.4 Å². The van der Waals surface area contributed by atoms with E-state index < -0.39 is 0 Å². The highest BCUT2D eigenvalue weighted by Crippen LogP contribution is 2.21. The lowest BCUT2D eigenvalue weighted by Gasteiger charge is -2.11. The summed E-state index contributed by atoms with van der Waals surface area (Å²) in [7, 11) is 0. The van der Waals surface area contributed by atoms with Gasteiger partial charge in [-0.05, 0) is 43.5 Å². The number of hydrogen-bond acceptors (Lipinski definition) is 4. The van der Waals surface area contributed by atoms with Gasteiger partial charge in [0.15, 0.2) is 5.76 Å². The third-order valence-corrected chi connectivity index (χ3v) is 3.97. The monoisotopic (exact) mass is 355 g/mol. The van der Waals surface area contributed by atoms with Crippen LogP contribution < -0.4 is 16.0 Å². The second kappa shape index (κ2) is 8.33. The molecule has 1 aromatic carbocycles. The molecule has 7 heteroatoms. The molecule has 1 aromatic heterocycles. The van der Waals surface area contributed by atoms with Crippen molar-refractivity contribution < 1.29 is 18.8 Å². The first-order chi connectivity index (χ1) is 12.6. The quantitative estimate of drug-likeness (QED) is 0.633. The van der Waals surface area contributed by atoms with E-state index in [1.807, 2.05) is 0 Å². The molecule has 1 fully saturated rings.